The molecule has 0 N–H and O–H groups in total. The Morgan fingerprint density at radius 1 is 1.08 bits per heavy atom. The number of hydrogen-bond donors (Lipinski definition) is 0. The first-order chi connectivity index (χ1) is 5.91. The van der Waals surface area contributed by atoms with Crippen molar-refractivity contribution in [2.24, 2.45) is 0 Å². The number of rotatable bonds is 5. The summed E-state index contributed by atoms with van der Waals surface area (Å²) in [6, 6.07) is 0. The Morgan fingerprint density at radius 2 is 1.38 bits per heavy atom. The Balaban J connectivity index is 4.71. The van der Waals surface area contributed by atoms with Gasteiger partial charge < -0.3 is 0 Å². The zero-order chi connectivity index (χ0) is 10.6. The van der Waals surface area contributed by atoms with E-state index in [2.05, 4.69) is 13.2 Å². The molecule has 0 unspecified atom stereocenters. The summed E-state index contributed by atoms with van der Waals surface area (Å²) in [5.74, 6) is 0. The Morgan fingerprint density at radius 3 is 1.54 bits per heavy atom. The molecule has 0 aliphatic heterocycles. The van der Waals surface area contributed by atoms with Gasteiger partial charge in [-0.05, 0) is 0 Å². The molecule has 0 aliphatic rings. The summed E-state index contributed by atoms with van der Waals surface area (Å²) >= 11 is -2.18. The molecule has 0 rings (SSSR count). The third-order valence-corrected chi connectivity index (χ3v) is 7.23. The number of hydrogen-bond acceptors (Lipinski definition) is 2. The van der Waals surface area contributed by atoms with Crippen LogP contribution in [0.25, 0.3) is 0 Å². The van der Waals surface area contributed by atoms with Crippen LogP contribution < -0.4 is 0 Å². The minimum absolute atomic E-state index is 0.0134. The van der Waals surface area contributed by atoms with Crippen molar-refractivity contribution in [2.75, 3.05) is 0 Å². The third kappa shape index (κ3) is 3.39. The van der Waals surface area contributed by atoms with E-state index in [1.165, 1.54) is 0 Å². The fraction of sp³-hybridized carbons (Fsp3) is 0.400. The first kappa shape index (κ1) is 12.5. The van der Waals surface area contributed by atoms with E-state index in [0.717, 1.165) is 0 Å². The van der Waals surface area contributed by atoms with Crippen molar-refractivity contribution in [3.63, 3.8) is 0 Å². The van der Waals surface area contributed by atoms with Gasteiger partial charge in [-0.2, -0.15) is 0 Å². The second-order valence-electron chi connectivity index (χ2n) is 2.58. The van der Waals surface area contributed by atoms with E-state index in [9.17, 15) is 9.59 Å². The van der Waals surface area contributed by atoms with Gasteiger partial charge in [-0.15, -0.1) is 0 Å². The van der Waals surface area contributed by atoms with Crippen LogP contribution >= 0.6 is 0 Å². The van der Waals surface area contributed by atoms with E-state index in [1.54, 1.807) is 13.8 Å². The summed E-state index contributed by atoms with van der Waals surface area (Å²) in [5.41, 5.74) is 1.00. The van der Waals surface area contributed by atoms with E-state index in [1.807, 2.05) is 6.92 Å². The van der Waals surface area contributed by atoms with Crippen LogP contribution in [0.2, 0.25) is 4.81 Å². The summed E-state index contributed by atoms with van der Waals surface area (Å²) in [5, 5.41) is 0. The van der Waals surface area contributed by atoms with E-state index in [0.29, 0.717) is 16.0 Å². The second kappa shape index (κ2) is 5.28. The van der Waals surface area contributed by atoms with Crippen molar-refractivity contribution in [3.8, 4) is 0 Å². The third-order valence-electron chi connectivity index (χ3n) is 1.19. The molecule has 13 heavy (non-hydrogen) atoms. The molecule has 77 valence electrons. The molecule has 3 heteroatoms. The van der Waals surface area contributed by atoms with Crippen LogP contribution in [0.3, 0.4) is 0 Å². The Hall–Kier alpha value is -0.492. The summed E-state index contributed by atoms with van der Waals surface area (Å²) < 4.78 is -0.0269. The Kier molecular flexibility index (Phi) is 5.08. The predicted molar refractivity (Wildman–Crippen MR) is 50.1 cm³/mol. The number of allylic oxidation sites excluding steroid dienone is 2. The van der Waals surface area contributed by atoms with Crippen LogP contribution in [0.4, 0.5) is 0 Å². The van der Waals surface area contributed by atoms with E-state index in [-0.39, 0.29) is 8.35 Å². The number of carbonyl (C=O) groups is 2. The topological polar surface area (TPSA) is 34.1 Å². The van der Waals surface area contributed by atoms with Crippen LogP contribution in [-0.2, 0) is 26.9 Å². The van der Waals surface area contributed by atoms with Gasteiger partial charge in [0.2, 0.25) is 0 Å². The van der Waals surface area contributed by atoms with E-state index >= 15 is 0 Å². The van der Waals surface area contributed by atoms with Gasteiger partial charge in [0.1, 0.15) is 0 Å². The fourth-order valence-electron chi connectivity index (χ4n) is 0.594. The Bertz CT molecular complexity index is 240. The van der Waals surface area contributed by atoms with Gasteiger partial charge in [0.05, 0.1) is 0 Å². The van der Waals surface area contributed by atoms with Gasteiger partial charge in [0, 0.05) is 0 Å². The first-order valence-electron chi connectivity index (χ1n) is 3.86. The van der Waals surface area contributed by atoms with Gasteiger partial charge in [-0.1, -0.05) is 0 Å². The molecule has 0 aromatic rings. The minimum atomic E-state index is -2.18. The number of carbonyl (C=O) groups excluding carboxylic acids is 2. The standard InChI is InChI=1S/2C4H5O.C2H5.Pt/c2*1-4(2)3-5;1-2;/h2*1H2,2H3;1H2,2H3;. The summed E-state index contributed by atoms with van der Waals surface area (Å²) in [4.78, 5) is 23.7. The SMILES string of the molecule is C=C(C)[C](=O)[Pt]([CH2]C)[C](=O)C(=C)C. The molecule has 0 bridgehead atoms. The van der Waals surface area contributed by atoms with E-state index < -0.39 is 17.3 Å². The quantitative estimate of drug-likeness (QED) is 0.703. The summed E-state index contributed by atoms with van der Waals surface area (Å²) in [6.07, 6.45) is 0. The van der Waals surface area contributed by atoms with Crippen molar-refractivity contribution in [2.45, 2.75) is 25.6 Å². The molecule has 0 aromatic heterocycles. The normalized spacial score (nSPS) is 10.5. The Labute approximate surface area is 85.3 Å². The molecule has 0 radical (unpaired) electrons. The average Bonchev–Trinajstić information content (AvgIpc) is 2.04. The molecule has 0 atom stereocenters. The molecule has 0 saturated heterocycles. The van der Waals surface area contributed by atoms with E-state index in [4.69, 9.17) is 0 Å². The van der Waals surface area contributed by atoms with Gasteiger partial charge >= 0.3 is 85.1 Å². The molecule has 0 saturated carbocycles. The van der Waals surface area contributed by atoms with Crippen LogP contribution in [0.5, 0.6) is 0 Å². The predicted octanol–water partition coefficient (Wildman–Crippen LogP) is 2.25. The molecular formula is C10H15O2Pt. The van der Waals surface area contributed by atoms with Crippen LogP contribution in [0, 0.1) is 0 Å². The molecule has 2 nitrogen and oxygen atoms in total. The summed E-state index contributed by atoms with van der Waals surface area (Å²) in [6.45, 7) is 12.4. The molecule has 0 fully saturated rings. The first-order valence-corrected chi connectivity index (χ1v) is 7.74. The average molecular weight is 362 g/mol. The fourth-order valence-corrected chi connectivity index (χ4v) is 4.86. The van der Waals surface area contributed by atoms with Crippen LogP contribution in [0.1, 0.15) is 20.8 Å². The molecule has 0 amide bonds. The molecule has 0 heterocycles. The molecular weight excluding hydrogens is 347 g/mol. The molecule has 0 aliphatic carbocycles. The zero-order valence-corrected chi connectivity index (χ0v) is 10.5. The van der Waals surface area contributed by atoms with Crippen molar-refractivity contribution in [3.05, 3.63) is 24.3 Å². The maximum absolute atomic E-state index is 11.5. The van der Waals surface area contributed by atoms with Gasteiger partial charge in [-0.25, -0.2) is 0 Å². The summed E-state index contributed by atoms with van der Waals surface area (Å²) in [7, 11) is 0. The molecule has 0 spiro atoms. The second-order valence-corrected chi connectivity index (χ2v) is 8.42. The maximum atomic E-state index is 11.5. The molecule has 0 aromatic carbocycles. The van der Waals surface area contributed by atoms with Crippen LogP contribution in [-0.4, -0.2) is 8.35 Å². The van der Waals surface area contributed by atoms with Gasteiger partial charge in [0.25, 0.3) is 0 Å². The monoisotopic (exact) mass is 362 g/mol. The van der Waals surface area contributed by atoms with Gasteiger partial charge in [-0.3, -0.25) is 0 Å². The van der Waals surface area contributed by atoms with Crippen molar-refractivity contribution >= 4 is 8.35 Å². The van der Waals surface area contributed by atoms with Crippen LogP contribution in [0.15, 0.2) is 24.3 Å². The van der Waals surface area contributed by atoms with Gasteiger partial charge in [0.15, 0.2) is 0 Å². The van der Waals surface area contributed by atoms with Crippen molar-refractivity contribution in [1.82, 2.24) is 0 Å². The van der Waals surface area contributed by atoms with Crippen molar-refractivity contribution < 1.29 is 26.9 Å². The van der Waals surface area contributed by atoms with Crippen molar-refractivity contribution in [1.29, 1.82) is 0 Å². The zero-order valence-electron chi connectivity index (χ0n) is 8.25.